The van der Waals surface area contributed by atoms with Gasteiger partial charge in [-0.2, -0.15) is 0 Å². The number of rotatable bonds is 5. The summed E-state index contributed by atoms with van der Waals surface area (Å²) in [6.07, 6.45) is 3.12. The predicted octanol–water partition coefficient (Wildman–Crippen LogP) is 3.04. The molecule has 1 aliphatic heterocycles. The first kappa shape index (κ1) is 16.2. The summed E-state index contributed by atoms with van der Waals surface area (Å²) in [6, 6.07) is -0.280. The molecule has 1 amide bonds. The molecule has 3 N–H and O–H groups in total. The van der Waals surface area contributed by atoms with Crippen molar-refractivity contribution in [2.75, 3.05) is 16.0 Å². The van der Waals surface area contributed by atoms with E-state index in [1.165, 1.54) is 24.2 Å². The molecule has 0 aromatic carbocycles. The average molecular weight is 359 g/mol. The largest absolute Gasteiger partial charge is 0.356 e. The second kappa shape index (κ2) is 6.21. The quantitative estimate of drug-likeness (QED) is 0.753. The predicted molar refractivity (Wildman–Crippen MR) is 97.4 cm³/mol. The number of amides is 1. The lowest BCUT2D eigenvalue weighted by Crippen LogP contribution is -2.40. The van der Waals surface area contributed by atoms with E-state index in [-0.39, 0.29) is 11.9 Å². The van der Waals surface area contributed by atoms with Gasteiger partial charge in [-0.15, -0.1) is 10.2 Å². The SMILES string of the molecule is Cc1nc(Nc2nnc(C3CC3)s2)c2c(n1)NC(CC(C)C)C(=O)N2. The van der Waals surface area contributed by atoms with Gasteiger partial charge in [-0.25, -0.2) is 9.97 Å². The third kappa shape index (κ3) is 3.41. The molecule has 1 saturated carbocycles. The summed E-state index contributed by atoms with van der Waals surface area (Å²) in [4.78, 5) is 21.3. The van der Waals surface area contributed by atoms with Crippen LogP contribution in [0.25, 0.3) is 0 Å². The maximum atomic E-state index is 12.4. The fourth-order valence-electron chi connectivity index (χ4n) is 2.85. The highest BCUT2D eigenvalue weighted by atomic mass is 32.1. The molecule has 0 radical (unpaired) electrons. The van der Waals surface area contributed by atoms with Crippen molar-refractivity contribution in [1.82, 2.24) is 20.2 Å². The zero-order valence-electron chi connectivity index (χ0n) is 14.5. The van der Waals surface area contributed by atoms with Crippen LogP contribution in [0.15, 0.2) is 0 Å². The molecular weight excluding hydrogens is 338 g/mol. The van der Waals surface area contributed by atoms with E-state index in [2.05, 4.69) is 50.0 Å². The van der Waals surface area contributed by atoms with Crippen molar-refractivity contribution in [3.8, 4) is 0 Å². The number of nitrogens with one attached hydrogen (secondary N) is 3. The highest BCUT2D eigenvalue weighted by Crippen LogP contribution is 2.43. The van der Waals surface area contributed by atoms with E-state index in [1.807, 2.05) is 6.92 Å². The minimum absolute atomic E-state index is 0.0624. The van der Waals surface area contributed by atoms with Gasteiger partial charge in [0.1, 0.15) is 22.6 Å². The molecule has 4 rings (SSSR count). The normalized spacial score (nSPS) is 19.4. The summed E-state index contributed by atoms with van der Waals surface area (Å²) in [6.45, 7) is 6.02. The molecule has 3 heterocycles. The molecule has 1 unspecified atom stereocenters. The third-order valence-electron chi connectivity index (χ3n) is 4.20. The van der Waals surface area contributed by atoms with Gasteiger partial charge in [0.15, 0.2) is 11.6 Å². The average Bonchev–Trinajstić information content (AvgIpc) is 3.28. The van der Waals surface area contributed by atoms with Crippen molar-refractivity contribution in [3.63, 3.8) is 0 Å². The lowest BCUT2D eigenvalue weighted by atomic mass is 10.0. The standard InChI is InChI=1S/C16H21N7OS/c1-7(2)6-10-14(24)20-11-12(19-10)17-8(3)18-13(11)21-16-23-22-15(25-16)9-4-5-9/h7,9-10H,4-6H2,1-3H3,(H,20,24)(H2,17,18,19,21,23). The van der Waals surface area contributed by atoms with Crippen molar-refractivity contribution in [1.29, 1.82) is 0 Å². The van der Waals surface area contributed by atoms with Crippen LogP contribution in [-0.4, -0.2) is 32.1 Å². The summed E-state index contributed by atoms with van der Waals surface area (Å²) in [5.41, 5.74) is 0.568. The number of carbonyl (C=O) groups is 1. The molecule has 1 atom stereocenters. The van der Waals surface area contributed by atoms with Crippen LogP contribution >= 0.6 is 11.3 Å². The second-order valence-corrected chi connectivity index (χ2v) is 8.01. The highest BCUT2D eigenvalue weighted by molar-refractivity contribution is 7.15. The number of aryl methyl sites for hydroxylation is 1. The fraction of sp³-hybridized carbons (Fsp3) is 0.562. The number of fused-ring (bicyclic) bond motifs is 1. The Labute approximate surface area is 149 Å². The molecule has 2 aliphatic rings. The summed E-state index contributed by atoms with van der Waals surface area (Å²) < 4.78 is 0. The molecule has 2 aromatic heterocycles. The number of hydrogen-bond donors (Lipinski definition) is 3. The van der Waals surface area contributed by atoms with E-state index in [0.29, 0.717) is 40.1 Å². The van der Waals surface area contributed by atoms with E-state index in [1.54, 1.807) is 0 Å². The van der Waals surface area contributed by atoms with Crippen LogP contribution in [0, 0.1) is 12.8 Å². The lowest BCUT2D eigenvalue weighted by molar-refractivity contribution is -0.117. The summed E-state index contributed by atoms with van der Waals surface area (Å²) in [5, 5.41) is 19.5. The second-order valence-electron chi connectivity index (χ2n) is 7.00. The van der Waals surface area contributed by atoms with Crippen LogP contribution in [0.3, 0.4) is 0 Å². The van der Waals surface area contributed by atoms with E-state index < -0.39 is 0 Å². The van der Waals surface area contributed by atoms with E-state index in [9.17, 15) is 4.79 Å². The Bertz CT molecular complexity index is 815. The van der Waals surface area contributed by atoms with Crippen LogP contribution < -0.4 is 16.0 Å². The number of anilines is 4. The van der Waals surface area contributed by atoms with Crippen LogP contribution in [0.4, 0.5) is 22.5 Å². The first-order valence-electron chi connectivity index (χ1n) is 8.56. The Balaban J connectivity index is 1.60. The van der Waals surface area contributed by atoms with Gasteiger partial charge in [0, 0.05) is 5.92 Å². The maximum Gasteiger partial charge on any atom is 0.247 e. The Morgan fingerprint density at radius 1 is 1.28 bits per heavy atom. The van der Waals surface area contributed by atoms with Gasteiger partial charge in [0.25, 0.3) is 0 Å². The molecule has 1 aliphatic carbocycles. The molecule has 132 valence electrons. The number of aromatic nitrogens is 4. The van der Waals surface area contributed by atoms with E-state index >= 15 is 0 Å². The van der Waals surface area contributed by atoms with Crippen molar-refractivity contribution in [2.45, 2.75) is 52.0 Å². The maximum absolute atomic E-state index is 12.4. The van der Waals surface area contributed by atoms with Gasteiger partial charge >= 0.3 is 0 Å². The van der Waals surface area contributed by atoms with Gasteiger partial charge in [-0.3, -0.25) is 4.79 Å². The molecule has 0 saturated heterocycles. The molecular formula is C16H21N7OS. The Morgan fingerprint density at radius 2 is 2.08 bits per heavy atom. The van der Waals surface area contributed by atoms with Gasteiger partial charge in [0.05, 0.1) is 0 Å². The summed E-state index contributed by atoms with van der Waals surface area (Å²) in [5.74, 6) is 2.73. The molecule has 0 bridgehead atoms. The highest BCUT2D eigenvalue weighted by Gasteiger charge is 2.31. The first-order chi connectivity index (χ1) is 12.0. The van der Waals surface area contributed by atoms with Crippen LogP contribution in [0.1, 0.15) is 49.9 Å². The van der Waals surface area contributed by atoms with E-state index in [0.717, 1.165) is 11.4 Å². The third-order valence-corrected chi connectivity index (χ3v) is 5.20. The molecule has 8 nitrogen and oxygen atoms in total. The zero-order chi connectivity index (χ0) is 17.6. The Morgan fingerprint density at radius 3 is 2.80 bits per heavy atom. The van der Waals surface area contributed by atoms with Crippen LogP contribution in [0.5, 0.6) is 0 Å². The van der Waals surface area contributed by atoms with Gasteiger partial charge in [0.2, 0.25) is 11.0 Å². The number of hydrogen-bond acceptors (Lipinski definition) is 8. The van der Waals surface area contributed by atoms with Crippen molar-refractivity contribution >= 4 is 39.7 Å². The number of nitrogens with zero attached hydrogens (tertiary/aromatic N) is 4. The molecule has 1 fully saturated rings. The van der Waals surface area contributed by atoms with Crippen molar-refractivity contribution < 1.29 is 4.79 Å². The van der Waals surface area contributed by atoms with Gasteiger partial charge in [-0.1, -0.05) is 25.2 Å². The fourth-order valence-corrected chi connectivity index (χ4v) is 3.76. The molecule has 0 spiro atoms. The van der Waals surface area contributed by atoms with Gasteiger partial charge < -0.3 is 16.0 Å². The first-order valence-corrected chi connectivity index (χ1v) is 9.37. The van der Waals surface area contributed by atoms with Crippen LogP contribution in [-0.2, 0) is 4.79 Å². The van der Waals surface area contributed by atoms with Crippen molar-refractivity contribution in [2.24, 2.45) is 5.92 Å². The number of carbonyl (C=O) groups excluding carboxylic acids is 1. The molecule has 25 heavy (non-hydrogen) atoms. The minimum atomic E-state index is -0.280. The molecule has 9 heteroatoms. The Hall–Kier alpha value is -2.29. The zero-order valence-corrected chi connectivity index (χ0v) is 15.3. The summed E-state index contributed by atoms with van der Waals surface area (Å²) >= 11 is 1.54. The minimum Gasteiger partial charge on any atom is -0.356 e. The summed E-state index contributed by atoms with van der Waals surface area (Å²) in [7, 11) is 0. The lowest BCUT2D eigenvalue weighted by Gasteiger charge is -2.28. The van der Waals surface area contributed by atoms with Crippen molar-refractivity contribution in [3.05, 3.63) is 10.8 Å². The van der Waals surface area contributed by atoms with Crippen LogP contribution in [0.2, 0.25) is 0 Å². The smallest absolute Gasteiger partial charge is 0.247 e. The monoisotopic (exact) mass is 359 g/mol. The Kier molecular flexibility index (Phi) is 4.03. The van der Waals surface area contributed by atoms with Gasteiger partial charge in [-0.05, 0) is 32.1 Å². The van der Waals surface area contributed by atoms with E-state index in [4.69, 9.17) is 0 Å². The molecule has 2 aromatic rings. The topological polar surface area (TPSA) is 105 Å².